The molecule has 2 unspecified atom stereocenters. The van der Waals surface area contributed by atoms with Crippen molar-refractivity contribution in [2.75, 3.05) is 0 Å². The summed E-state index contributed by atoms with van der Waals surface area (Å²) in [6.07, 6.45) is 21.0. The molecule has 0 saturated heterocycles. The highest BCUT2D eigenvalue weighted by molar-refractivity contribution is 4.79. The van der Waals surface area contributed by atoms with Gasteiger partial charge in [-0.3, -0.25) is 0 Å². The molecule has 0 bridgehead atoms. The van der Waals surface area contributed by atoms with E-state index in [1.165, 1.54) is 64.2 Å². The van der Waals surface area contributed by atoms with Gasteiger partial charge >= 0.3 is 0 Å². The molecular weight excluding hydrogens is 180 g/mol. The van der Waals surface area contributed by atoms with Crippen molar-refractivity contribution in [3.05, 3.63) is 12.8 Å². The SMILES string of the molecule is [CH]1CCCC(CC2CC[CH]CCC2)CC1. The predicted molar refractivity (Wildman–Crippen MR) is 66.4 cm³/mol. The Kier molecular flexibility index (Phi) is 5.02. The summed E-state index contributed by atoms with van der Waals surface area (Å²) in [6, 6.07) is 0. The van der Waals surface area contributed by atoms with Crippen molar-refractivity contribution in [1.82, 2.24) is 0 Å². The quantitative estimate of drug-likeness (QED) is 0.561. The van der Waals surface area contributed by atoms with Crippen molar-refractivity contribution < 1.29 is 0 Å². The molecule has 2 saturated carbocycles. The second-order valence-electron chi connectivity index (χ2n) is 5.56. The van der Waals surface area contributed by atoms with Crippen LogP contribution in [0.25, 0.3) is 0 Å². The maximum atomic E-state index is 2.51. The molecule has 0 aromatic rings. The Morgan fingerprint density at radius 1 is 0.667 bits per heavy atom. The van der Waals surface area contributed by atoms with Crippen LogP contribution < -0.4 is 0 Å². The fraction of sp³-hybridized carbons (Fsp3) is 0.867. The molecule has 0 amide bonds. The van der Waals surface area contributed by atoms with E-state index in [0.29, 0.717) is 0 Å². The molecule has 0 aliphatic heterocycles. The van der Waals surface area contributed by atoms with Gasteiger partial charge in [-0.2, -0.15) is 0 Å². The summed E-state index contributed by atoms with van der Waals surface area (Å²) in [5, 5.41) is 0. The third-order valence-corrected chi connectivity index (χ3v) is 4.27. The predicted octanol–water partition coefficient (Wildman–Crippen LogP) is 4.95. The first-order valence-electron chi connectivity index (χ1n) is 7.08. The minimum atomic E-state index is 1.06. The lowest BCUT2D eigenvalue weighted by Gasteiger charge is -2.21. The molecule has 2 aliphatic rings. The summed E-state index contributed by atoms with van der Waals surface area (Å²) in [5.74, 6) is 2.12. The fourth-order valence-corrected chi connectivity index (χ4v) is 3.33. The molecule has 0 heterocycles. The van der Waals surface area contributed by atoms with Crippen molar-refractivity contribution in [3.8, 4) is 0 Å². The molecule has 0 spiro atoms. The van der Waals surface area contributed by atoms with Crippen LogP contribution in [0.3, 0.4) is 0 Å². The molecule has 15 heavy (non-hydrogen) atoms. The van der Waals surface area contributed by atoms with E-state index in [9.17, 15) is 0 Å². The molecule has 0 nitrogen and oxygen atoms in total. The van der Waals surface area contributed by atoms with E-state index < -0.39 is 0 Å². The summed E-state index contributed by atoms with van der Waals surface area (Å²) >= 11 is 0. The van der Waals surface area contributed by atoms with E-state index in [0.717, 1.165) is 11.8 Å². The van der Waals surface area contributed by atoms with Crippen molar-refractivity contribution in [3.63, 3.8) is 0 Å². The minimum Gasteiger partial charge on any atom is -0.0528 e. The van der Waals surface area contributed by atoms with E-state index in [2.05, 4.69) is 12.8 Å². The summed E-state index contributed by atoms with van der Waals surface area (Å²) < 4.78 is 0. The second kappa shape index (κ2) is 6.55. The maximum Gasteiger partial charge on any atom is -0.0386 e. The van der Waals surface area contributed by atoms with E-state index in [4.69, 9.17) is 0 Å². The van der Waals surface area contributed by atoms with E-state index in [-0.39, 0.29) is 0 Å². The fourth-order valence-electron chi connectivity index (χ4n) is 3.33. The normalized spacial score (nSPS) is 27.2. The van der Waals surface area contributed by atoms with Gasteiger partial charge in [0.1, 0.15) is 0 Å². The van der Waals surface area contributed by atoms with Crippen LogP contribution in [0.4, 0.5) is 0 Å². The Hall–Kier alpha value is 0. The Balaban J connectivity index is 1.73. The Morgan fingerprint density at radius 2 is 1.20 bits per heavy atom. The summed E-state index contributed by atoms with van der Waals surface area (Å²) in [5.41, 5.74) is 0. The average molecular weight is 206 g/mol. The van der Waals surface area contributed by atoms with Gasteiger partial charge in [0.15, 0.2) is 0 Å². The molecule has 0 aromatic carbocycles. The Labute approximate surface area is 95.8 Å². The van der Waals surface area contributed by atoms with Gasteiger partial charge in [-0.1, -0.05) is 51.4 Å². The van der Waals surface area contributed by atoms with E-state index in [1.54, 1.807) is 6.42 Å². The van der Waals surface area contributed by atoms with Gasteiger partial charge in [0.25, 0.3) is 0 Å². The molecular formula is C15H26. The van der Waals surface area contributed by atoms with Gasteiger partial charge in [-0.25, -0.2) is 0 Å². The largest absolute Gasteiger partial charge is 0.0528 e. The minimum absolute atomic E-state index is 1.06. The third-order valence-electron chi connectivity index (χ3n) is 4.27. The van der Waals surface area contributed by atoms with Crippen LogP contribution >= 0.6 is 0 Å². The zero-order valence-electron chi connectivity index (χ0n) is 10.1. The number of hydrogen-bond donors (Lipinski definition) is 0. The lowest BCUT2D eigenvalue weighted by Crippen LogP contribution is -2.08. The first-order valence-corrected chi connectivity index (χ1v) is 7.08. The topological polar surface area (TPSA) is 0 Å². The second-order valence-corrected chi connectivity index (χ2v) is 5.56. The van der Waals surface area contributed by atoms with Crippen LogP contribution in [0.2, 0.25) is 0 Å². The van der Waals surface area contributed by atoms with Crippen LogP contribution in [0.15, 0.2) is 0 Å². The summed E-state index contributed by atoms with van der Waals surface area (Å²) in [6.45, 7) is 0. The first kappa shape index (κ1) is 11.5. The zero-order chi connectivity index (χ0) is 10.3. The monoisotopic (exact) mass is 206 g/mol. The van der Waals surface area contributed by atoms with Crippen molar-refractivity contribution in [2.24, 2.45) is 11.8 Å². The highest BCUT2D eigenvalue weighted by Gasteiger charge is 2.19. The van der Waals surface area contributed by atoms with Gasteiger partial charge in [-0.15, -0.1) is 0 Å². The molecule has 0 aromatic heterocycles. The van der Waals surface area contributed by atoms with Crippen LogP contribution in [-0.2, 0) is 0 Å². The highest BCUT2D eigenvalue weighted by atomic mass is 14.2. The lowest BCUT2D eigenvalue weighted by molar-refractivity contribution is 0.316. The van der Waals surface area contributed by atoms with Crippen LogP contribution in [0, 0.1) is 24.7 Å². The average Bonchev–Trinajstić information content (AvgIpc) is 2.63. The van der Waals surface area contributed by atoms with Crippen LogP contribution in [-0.4, -0.2) is 0 Å². The standard InChI is InChI=1S/C15H26/c1-2-6-10-14(9-5-1)13-15-11-7-3-4-8-12-15/h1,3,14-15H,2,4-13H2. The Morgan fingerprint density at radius 3 is 1.73 bits per heavy atom. The van der Waals surface area contributed by atoms with Crippen molar-refractivity contribution in [1.29, 1.82) is 0 Å². The summed E-state index contributed by atoms with van der Waals surface area (Å²) in [4.78, 5) is 0. The van der Waals surface area contributed by atoms with Gasteiger partial charge in [0, 0.05) is 0 Å². The van der Waals surface area contributed by atoms with Crippen LogP contribution in [0.1, 0.15) is 70.6 Å². The zero-order valence-corrected chi connectivity index (χ0v) is 10.1. The van der Waals surface area contributed by atoms with Gasteiger partial charge in [0.05, 0.1) is 0 Å². The molecule has 0 N–H and O–H groups in total. The van der Waals surface area contributed by atoms with Crippen molar-refractivity contribution in [2.45, 2.75) is 70.6 Å². The van der Waals surface area contributed by atoms with Gasteiger partial charge in [0.2, 0.25) is 0 Å². The molecule has 2 atom stereocenters. The summed E-state index contributed by atoms with van der Waals surface area (Å²) in [7, 11) is 0. The number of rotatable bonds is 2. The van der Waals surface area contributed by atoms with Crippen LogP contribution in [0.5, 0.6) is 0 Å². The van der Waals surface area contributed by atoms with E-state index in [1.807, 2.05) is 0 Å². The molecule has 2 rings (SSSR count). The van der Waals surface area contributed by atoms with Gasteiger partial charge in [-0.05, 0) is 43.9 Å². The Bertz CT molecular complexity index is 127. The molecule has 2 radical (unpaired) electrons. The van der Waals surface area contributed by atoms with E-state index >= 15 is 0 Å². The molecule has 2 aliphatic carbocycles. The smallest absolute Gasteiger partial charge is 0.0386 e. The molecule has 2 fully saturated rings. The van der Waals surface area contributed by atoms with Crippen molar-refractivity contribution >= 4 is 0 Å². The highest BCUT2D eigenvalue weighted by Crippen LogP contribution is 2.33. The first-order chi connectivity index (χ1) is 7.45. The number of hydrogen-bond acceptors (Lipinski definition) is 0. The maximum absolute atomic E-state index is 2.51. The van der Waals surface area contributed by atoms with Gasteiger partial charge < -0.3 is 0 Å². The molecule has 0 heteroatoms. The lowest BCUT2D eigenvalue weighted by atomic mass is 9.85. The third kappa shape index (κ3) is 4.17. The molecule has 86 valence electrons.